The standard InChI is InChI=1S/C24H28N4O2.2C2H4O2.2Mn/c1-17-9-19-13-25-5-3-7-27-15-21-11-18(2)12-22(24(21)30)16-28-8-4-6-26-14-20(10-17)23(19)29;2*1-2(3)4;;/h9-16,25,27H,3-8H2,1-2H3;2*1H3,(H,3,4);;/b19-13-,21-15+,26-14?,28-16?;;;;. The third kappa shape index (κ3) is 16.6. The molecule has 3 aliphatic rings. The average Bonchev–Trinajstić information content (AvgIpc) is 2.81. The van der Waals surface area contributed by atoms with E-state index in [1.54, 1.807) is 24.8 Å². The largest absolute Gasteiger partial charge is 0.481 e. The number of nitrogens with zero attached hydrogens (tertiary/aromatic N) is 2. The van der Waals surface area contributed by atoms with E-state index in [0.29, 0.717) is 48.5 Å². The third-order valence-electron chi connectivity index (χ3n) is 4.77. The van der Waals surface area contributed by atoms with Gasteiger partial charge in [-0.2, -0.15) is 0 Å². The Hall–Kier alpha value is -3.30. The topological polar surface area (TPSA) is 158 Å². The normalized spacial score (nSPS) is 19.7. The zero-order valence-electron chi connectivity index (χ0n) is 23.0. The Morgan fingerprint density at radius 2 is 1.02 bits per heavy atom. The molecule has 1 heterocycles. The summed E-state index contributed by atoms with van der Waals surface area (Å²) in [6.07, 6.45) is 15.9. The van der Waals surface area contributed by atoms with E-state index in [0.717, 1.165) is 37.8 Å². The predicted octanol–water partition coefficient (Wildman–Crippen LogP) is 2.96. The number of hydrogen-bond acceptors (Lipinski definition) is 8. The van der Waals surface area contributed by atoms with Crippen molar-refractivity contribution >= 4 is 35.9 Å². The Kier molecular flexibility index (Phi) is 20.9. The van der Waals surface area contributed by atoms with Crippen LogP contribution in [0.25, 0.3) is 0 Å². The fourth-order valence-electron chi connectivity index (χ4n) is 3.30. The van der Waals surface area contributed by atoms with E-state index >= 15 is 0 Å². The van der Waals surface area contributed by atoms with Gasteiger partial charge >= 0.3 is 0 Å². The Labute approximate surface area is 256 Å². The van der Waals surface area contributed by atoms with Gasteiger partial charge in [-0.05, 0) is 62.1 Å². The minimum atomic E-state index is -0.833. The molecule has 0 saturated carbocycles. The van der Waals surface area contributed by atoms with Gasteiger partial charge in [0.15, 0.2) is 11.6 Å². The summed E-state index contributed by atoms with van der Waals surface area (Å²) in [5, 5.41) is 21.2. The summed E-state index contributed by atoms with van der Waals surface area (Å²) < 4.78 is 0. The molecule has 0 unspecified atom stereocenters. The molecule has 2 aliphatic carbocycles. The first kappa shape index (κ1) is 38.8. The van der Waals surface area contributed by atoms with Gasteiger partial charge in [-0.1, -0.05) is 0 Å². The number of nitrogens with one attached hydrogen (secondary N) is 2. The van der Waals surface area contributed by atoms with Gasteiger partial charge in [0.1, 0.15) is 0 Å². The van der Waals surface area contributed by atoms with Crippen molar-refractivity contribution in [2.45, 2.75) is 40.5 Å². The van der Waals surface area contributed by atoms with Crippen LogP contribution in [0, 0.1) is 0 Å². The van der Waals surface area contributed by atoms with Crippen molar-refractivity contribution < 1.29 is 63.5 Å². The molecule has 0 atom stereocenters. The third-order valence-corrected chi connectivity index (χ3v) is 4.77. The van der Waals surface area contributed by atoms with Crippen LogP contribution in [-0.4, -0.2) is 72.3 Å². The van der Waals surface area contributed by atoms with Crippen LogP contribution in [0.4, 0.5) is 0 Å². The zero-order chi connectivity index (χ0) is 28.5. The first-order valence-electron chi connectivity index (χ1n) is 12.2. The molecule has 4 N–H and O–H groups in total. The van der Waals surface area contributed by atoms with Crippen LogP contribution in [0.15, 0.2) is 80.1 Å². The second-order valence-corrected chi connectivity index (χ2v) is 8.56. The van der Waals surface area contributed by atoms with E-state index in [1.165, 1.54) is 0 Å². The number of carboxylic acids is 2. The van der Waals surface area contributed by atoms with Crippen molar-refractivity contribution in [1.29, 1.82) is 0 Å². The number of rotatable bonds is 0. The minimum absolute atomic E-state index is 0. The summed E-state index contributed by atoms with van der Waals surface area (Å²) >= 11 is 0. The monoisotopic (exact) mass is 634 g/mol. The number of ketones is 2. The Balaban J connectivity index is 0. The number of carbonyl (C=O) groups is 4. The maximum Gasteiger partial charge on any atom is 0.300 e. The van der Waals surface area contributed by atoms with E-state index in [2.05, 4.69) is 20.6 Å². The first-order chi connectivity index (χ1) is 18.0. The van der Waals surface area contributed by atoms with Crippen LogP contribution in [0.3, 0.4) is 0 Å². The van der Waals surface area contributed by atoms with Crippen LogP contribution in [0.5, 0.6) is 0 Å². The fraction of sp³-hybridized carbons (Fsp3) is 0.357. The van der Waals surface area contributed by atoms with Crippen molar-refractivity contribution in [2.24, 2.45) is 9.98 Å². The van der Waals surface area contributed by atoms with Crippen molar-refractivity contribution in [2.75, 3.05) is 26.2 Å². The van der Waals surface area contributed by atoms with Crippen LogP contribution >= 0.6 is 0 Å². The molecular formula is C28H36Mn2N4O6. The van der Waals surface area contributed by atoms with Crippen LogP contribution in [-0.2, 0) is 53.3 Å². The van der Waals surface area contributed by atoms with Gasteiger partial charge < -0.3 is 20.8 Å². The van der Waals surface area contributed by atoms with Gasteiger partial charge in [-0.3, -0.25) is 29.2 Å². The number of carboxylic acid groups (broad SMARTS) is 2. The summed E-state index contributed by atoms with van der Waals surface area (Å²) in [6, 6.07) is 0. The molecule has 0 spiro atoms. The number of carbonyl (C=O) groups excluding carboxylic acids is 2. The second-order valence-electron chi connectivity index (χ2n) is 8.56. The molecule has 0 amide bonds. The maximum atomic E-state index is 12.6. The molecule has 0 aromatic heterocycles. The molecule has 10 nitrogen and oxygen atoms in total. The van der Waals surface area contributed by atoms with Gasteiger partial charge in [-0.15, -0.1) is 0 Å². The smallest absolute Gasteiger partial charge is 0.300 e. The first-order valence-corrected chi connectivity index (χ1v) is 12.2. The predicted molar refractivity (Wildman–Crippen MR) is 148 cm³/mol. The van der Waals surface area contributed by atoms with Crippen molar-refractivity contribution in [3.8, 4) is 0 Å². The van der Waals surface area contributed by atoms with Crippen LogP contribution < -0.4 is 10.6 Å². The number of hydrogen-bond donors (Lipinski definition) is 4. The molecule has 40 heavy (non-hydrogen) atoms. The average molecular weight is 634 g/mol. The quantitative estimate of drug-likeness (QED) is 0.297. The summed E-state index contributed by atoms with van der Waals surface area (Å²) in [5.74, 6) is -1.71. The maximum absolute atomic E-state index is 12.6. The van der Waals surface area contributed by atoms with E-state index in [4.69, 9.17) is 19.8 Å². The van der Waals surface area contributed by atoms with Gasteiger partial charge in [-0.25, -0.2) is 0 Å². The second kappa shape index (κ2) is 21.5. The fourth-order valence-corrected chi connectivity index (χ4v) is 3.30. The Morgan fingerprint density at radius 3 is 1.38 bits per heavy atom. The SMILES string of the molecule is CC(=O)O.CC(=O)O.CC1=C/C2=C/NCCCN/C=C3\C=C(C)C=C(C=NCCCN=CC(=C1)C2=O)C3=O.[Mn].[Mn]. The van der Waals surface area contributed by atoms with Crippen LogP contribution in [0.2, 0.25) is 0 Å². The minimum Gasteiger partial charge on any atom is -0.481 e. The molecule has 218 valence electrons. The molecule has 0 aromatic rings. The Morgan fingerprint density at radius 1 is 0.675 bits per heavy atom. The van der Waals surface area contributed by atoms with Crippen molar-refractivity contribution in [3.63, 3.8) is 0 Å². The number of Topliss-reactive ketones (excluding diaryl/α,β-unsaturated/α-hetero) is 2. The van der Waals surface area contributed by atoms with E-state index < -0.39 is 11.9 Å². The molecule has 0 saturated heterocycles. The van der Waals surface area contributed by atoms with Gasteiger partial charge in [0.05, 0.1) is 0 Å². The summed E-state index contributed by atoms with van der Waals surface area (Å²) in [7, 11) is 0. The van der Waals surface area contributed by atoms with E-state index in [-0.39, 0.29) is 45.7 Å². The van der Waals surface area contributed by atoms with E-state index in [9.17, 15) is 9.59 Å². The molecule has 12 heteroatoms. The molecule has 2 radical (unpaired) electrons. The number of allylic oxidation sites excluding steroid dienone is 10. The Bertz CT molecular complexity index is 1070. The van der Waals surface area contributed by atoms with E-state index in [1.807, 2.05) is 38.2 Å². The van der Waals surface area contributed by atoms with Gasteiger partial charge in [0, 0.05) is 121 Å². The van der Waals surface area contributed by atoms with Crippen molar-refractivity contribution in [3.05, 3.63) is 70.1 Å². The zero-order valence-corrected chi connectivity index (χ0v) is 25.4. The molecule has 3 rings (SSSR count). The van der Waals surface area contributed by atoms with Gasteiger partial charge in [0.25, 0.3) is 11.9 Å². The molecule has 0 fully saturated rings. The summed E-state index contributed by atoms with van der Waals surface area (Å²) in [4.78, 5) is 52.0. The number of fused-ring (bicyclic) bond motifs is 4. The number of aliphatic imine (C=N–C) groups is 2. The van der Waals surface area contributed by atoms with Gasteiger partial charge in [0.2, 0.25) is 0 Å². The molecule has 0 aromatic carbocycles. The summed E-state index contributed by atoms with van der Waals surface area (Å²) in [5.41, 5.74) is 4.52. The summed E-state index contributed by atoms with van der Waals surface area (Å²) in [6.45, 7) is 8.69. The molecule has 1 aliphatic heterocycles. The van der Waals surface area contributed by atoms with Crippen LogP contribution in [0.1, 0.15) is 40.5 Å². The molecule has 4 bridgehead atoms. The number of aliphatic carboxylic acids is 2. The molecular weight excluding hydrogens is 598 g/mol. The van der Waals surface area contributed by atoms with Crippen molar-refractivity contribution in [1.82, 2.24) is 10.6 Å².